The van der Waals surface area contributed by atoms with Gasteiger partial charge in [0.1, 0.15) is 0 Å². The number of nitrogens with zero attached hydrogens (tertiary/aromatic N) is 2. The molecule has 1 aromatic heterocycles. The van der Waals surface area contributed by atoms with E-state index >= 15 is 0 Å². The number of hydrogen-bond donors (Lipinski definition) is 0. The van der Waals surface area contributed by atoms with Crippen molar-refractivity contribution in [2.24, 2.45) is 0 Å². The molecule has 0 aliphatic heterocycles. The van der Waals surface area contributed by atoms with Crippen LogP contribution in [0, 0.1) is 10.1 Å². The molecular weight excluding hydrogens is 144 g/mol. The van der Waals surface area contributed by atoms with Crippen LogP contribution in [0.3, 0.4) is 0 Å². The first-order chi connectivity index (χ1) is 5.24. The lowest BCUT2D eigenvalue weighted by Gasteiger charge is -1.91. The third-order valence-electron chi connectivity index (χ3n) is 1.29. The fourth-order valence-corrected chi connectivity index (χ4v) is 0.799. The predicted octanol–water partition coefficient (Wildman–Crippen LogP) is 1.58. The van der Waals surface area contributed by atoms with Crippen molar-refractivity contribution < 1.29 is 4.92 Å². The van der Waals surface area contributed by atoms with E-state index in [2.05, 4.69) is 6.58 Å². The van der Waals surface area contributed by atoms with E-state index in [4.69, 9.17) is 0 Å². The van der Waals surface area contributed by atoms with Crippen molar-refractivity contribution in [3.8, 4) is 0 Å². The van der Waals surface area contributed by atoms with E-state index < -0.39 is 4.92 Å². The molecule has 0 aromatic carbocycles. The van der Waals surface area contributed by atoms with Crippen LogP contribution in [0.4, 0.5) is 5.69 Å². The lowest BCUT2D eigenvalue weighted by molar-refractivity contribution is -0.384. The molecule has 0 bridgehead atoms. The summed E-state index contributed by atoms with van der Waals surface area (Å²) in [5.74, 6) is 0. The molecule has 0 saturated carbocycles. The van der Waals surface area contributed by atoms with Gasteiger partial charge < -0.3 is 4.57 Å². The molecule has 0 unspecified atom stereocenters. The van der Waals surface area contributed by atoms with Gasteiger partial charge in [-0.1, -0.05) is 6.08 Å². The topological polar surface area (TPSA) is 48.1 Å². The highest BCUT2D eigenvalue weighted by molar-refractivity contribution is 5.25. The van der Waals surface area contributed by atoms with Gasteiger partial charge in [0.2, 0.25) is 0 Å². The van der Waals surface area contributed by atoms with E-state index in [1.165, 1.54) is 12.3 Å². The van der Waals surface area contributed by atoms with E-state index in [-0.39, 0.29) is 5.69 Å². The summed E-state index contributed by atoms with van der Waals surface area (Å²) in [5.41, 5.74) is 0.117. The molecule has 58 valence electrons. The first-order valence-corrected chi connectivity index (χ1v) is 3.15. The average molecular weight is 152 g/mol. The number of rotatable bonds is 3. The lowest BCUT2D eigenvalue weighted by Crippen LogP contribution is -1.89. The Morgan fingerprint density at radius 2 is 2.55 bits per heavy atom. The van der Waals surface area contributed by atoms with Gasteiger partial charge in [-0.3, -0.25) is 10.1 Å². The van der Waals surface area contributed by atoms with Gasteiger partial charge in [0, 0.05) is 18.8 Å². The Balaban J connectivity index is 2.81. The number of hydrogen-bond acceptors (Lipinski definition) is 2. The SMILES string of the molecule is C=CCn1ccc([N+](=O)[O-])c1. The molecule has 0 N–H and O–H groups in total. The second-order valence-corrected chi connectivity index (χ2v) is 2.11. The first kappa shape index (κ1) is 7.53. The highest BCUT2D eigenvalue weighted by atomic mass is 16.6. The van der Waals surface area contributed by atoms with Gasteiger partial charge in [0.25, 0.3) is 5.69 Å². The van der Waals surface area contributed by atoms with Gasteiger partial charge in [-0.15, -0.1) is 6.58 Å². The lowest BCUT2D eigenvalue weighted by atomic mass is 10.6. The second-order valence-electron chi connectivity index (χ2n) is 2.11. The largest absolute Gasteiger partial charge is 0.344 e. The van der Waals surface area contributed by atoms with Crippen LogP contribution in [0.25, 0.3) is 0 Å². The molecule has 1 heterocycles. The third-order valence-corrected chi connectivity index (χ3v) is 1.29. The summed E-state index contributed by atoms with van der Waals surface area (Å²) in [6.45, 7) is 4.12. The van der Waals surface area contributed by atoms with Gasteiger partial charge in [-0.25, -0.2) is 0 Å². The van der Waals surface area contributed by atoms with Crippen LogP contribution in [-0.4, -0.2) is 9.49 Å². The Morgan fingerprint density at radius 3 is 3.00 bits per heavy atom. The van der Waals surface area contributed by atoms with Gasteiger partial charge >= 0.3 is 0 Å². The highest BCUT2D eigenvalue weighted by Crippen LogP contribution is 2.09. The van der Waals surface area contributed by atoms with Crippen molar-refractivity contribution in [1.82, 2.24) is 4.57 Å². The summed E-state index contributed by atoms with van der Waals surface area (Å²) in [6.07, 6.45) is 4.81. The van der Waals surface area contributed by atoms with Crippen molar-refractivity contribution in [2.45, 2.75) is 6.54 Å². The van der Waals surface area contributed by atoms with Crippen molar-refractivity contribution in [1.29, 1.82) is 0 Å². The van der Waals surface area contributed by atoms with Gasteiger partial charge in [0.15, 0.2) is 0 Å². The van der Waals surface area contributed by atoms with Gasteiger partial charge in [0.05, 0.1) is 11.1 Å². The zero-order chi connectivity index (χ0) is 8.27. The molecule has 0 spiro atoms. The number of aromatic nitrogens is 1. The van der Waals surface area contributed by atoms with Crippen molar-refractivity contribution in [2.75, 3.05) is 0 Å². The Kier molecular flexibility index (Phi) is 2.06. The Bertz CT molecular complexity index is 278. The van der Waals surface area contributed by atoms with Crippen LogP contribution in [0.2, 0.25) is 0 Å². The standard InChI is InChI=1S/C7H8N2O2/c1-2-4-8-5-3-7(6-8)9(10)11/h2-3,5-6H,1,4H2. The molecule has 0 fully saturated rings. The van der Waals surface area contributed by atoms with Gasteiger partial charge in [-0.05, 0) is 0 Å². The fourth-order valence-electron chi connectivity index (χ4n) is 0.799. The van der Waals surface area contributed by atoms with E-state index in [0.717, 1.165) is 0 Å². The molecule has 11 heavy (non-hydrogen) atoms. The summed E-state index contributed by atoms with van der Waals surface area (Å²) in [7, 11) is 0. The molecule has 4 heteroatoms. The number of allylic oxidation sites excluding steroid dienone is 1. The Hall–Kier alpha value is -1.58. The van der Waals surface area contributed by atoms with Crippen molar-refractivity contribution in [3.63, 3.8) is 0 Å². The van der Waals surface area contributed by atoms with E-state index in [0.29, 0.717) is 6.54 Å². The summed E-state index contributed by atoms with van der Waals surface area (Å²) in [4.78, 5) is 9.77. The van der Waals surface area contributed by atoms with Gasteiger partial charge in [-0.2, -0.15) is 0 Å². The van der Waals surface area contributed by atoms with E-state index in [9.17, 15) is 10.1 Å². The molecule has 1 aromatic rings. The minimum atomic E-state index is -0.417. The minimum Gasteiger partial charge on any atom is -0.344 e. The van der Waals surface area contributed by atoms with Crippen LogP contribution in [-0.2, 0) is 6.54 Å². The molecule has 0 saturated heterocycles. The minimum absolute atomic E-state index is 0.117. The summed E-state index contributed by atoms with van der Waals surface area (Å²) < 4.78 is 1.70. The predicted molar refractivity (Wildman–Crippen MR) is 41.3 cm³/mol. The molecule has 0 aliphatic carbocycles. The molecule has 1 rings (SSSR count). The quantitative estimate of drug-likeness (QED) is 0.375. The van der Waals surface area contributed by atoms with Crippen molar-refractivity contribution in [3.05, 3.63) is 41.2 Å². The molecule has 0 radical (unpaired) electrons. The normalized spacial score (nSPS) is 9.45. The maximum absolute atomic E-state index is 10.2. The molecule has 0 aliphatic rings. The van der Waals surface area contributed by atoms with Crippen LogP contribution < -0.4 is 0 Å². The fraction of sp³-hybridized carbons (Fsp3) is 0.143. The van der Waals surface area contributed by atoms with E-state index in [1.54, 1.807) is 16.8 Å². The smallest absolute Gasteiger partial charge is 0.286 e. The van der Waals surface area contributed by atoms with Crippen LogP contribution in [0.1, 0.15) is 0 Å². The van der Waals surface area contributed by atoms with E-state index in [1.807, 2.05) is 0 Å². The Morgan fingerprint density at radius 1 is 1.82 bits per heavy atom. The first-order valence-electron chi connectivity index (χ1n) is 3.15. The molecular formula is C7H8N2O2. The highest BCUT2D eigenvalue weighted by Gasteiger charge is 2.04. The molecule has 0 atom stereocenters. The third kappa shape index (κ3) is 1.67. The zero-order valence-corrected chi connectivity index (χ0v) is 5.93. The summed E-state index contributed by atoms with van der Waals surface area (Å²) in [5, 5.41) is 10.2. The maximum atomic E-state index is 10.2. The number of nitro groups is 1. The monoisotopic (exact) mass is 152 g/mol. The van der Waals surface area contributed by atoms with Crippen LogP contribution >= 0.6 is 0 Å². The van der Waals surface area contributed by atoms with Crippen LogP contribution in [0.5, 0.6) is 0 Å². The molecule has 4 nitrogen and oxygen atoms in total. The van der Waals surface area contributed by atoms with Crippen LogP contribution in [0.15, 0.2) is 31.1 Å². The average Bonchev–Trinajstić information content (AvgIpc) is 2.37. The molecule has 0 amide bonds. The summed E-state index contributed by atoms with van der Waals surface area (Å²) in [6, 6.07) is 1.46. The summed E-state index contributed by atoms with van der Waals surface area (Å²) >= 11 is 0. The maximum Gasteiger partial charge on any atom is 0.286 e. The Labute approximate surface area is 63.9 Å². The van der Waals surface area contributed by atoms with Crippen molar-refractivity contribution >= 4 is 5.69 Å². The second kappa shape index (κ2) is 3.01. The zero-order valence-electron chi connectivity index (χ0n) is 5.93.